The third-order valence-corrected chi connectivity index (χ3v) is 4.85. The van der Waals surface area contributed by atoms with Gasteiger partial charge >= 0.3 is 0 Å². The first kappa shape index (κ1) is 16.2. The molecule has 0 amide bonds. The molecule has 25 heavy (non-hydrogen) atoms. The van der Waals surface area contributed by atoms with E-state index in [2.05, 4.69) is 26.2 Å². The van der Waals surface area contributed by atoms with Gasteiger partial charge in [-0.2, -0.15) is 0 Å². The number of hydrogen-bond donors (Lipinski definition) is 4. The Morgan fingerprint density at radius 3 is 2.84 bits per heavy atom. The van der Waals surface area contributed by atoms with Crippen molar-refractivity contribution in [2.75, 3.05) is 5.32 Å². The Labute approximate surface area is 143 Å². The number of fused-ring (bicyclic) bond motifs is 1. The molecule has 1 aliphatic heterocycles. The normalized spacial score (nSPS) is 35.1. The van der Waals surface area contributed by atoms with Gasteiger partial charge in [-0.15, -0.1) is 6.42 Å². The van der Waals surface area contributed by atoms with Crippen molar-refractivity contribution in [3.8, 4) is 12.3 Å². The fraction of sp³-hybridized carbons (Fsp3) is 0.562. The number of terminal acetylenes is 1. The molecule has 2 aliphatic rings. The van der Waals surface area contributed by atoms with Crippen LogP contribution >= 0.6 is 0 Å². The fourth-order valence-corrected chi connectivity index (χ4v) is 3.47. The second-order valence-electron chi connectivity index (χ2n) is 6.44. The molecule has 9 heteroatoms. The van der Waals surface area contributed by atoms with Gasteiger partial charge in [0.1, 0.15) is 24.9 Å². The molecule has 1 aliphatic carbocycles. The summed E-state index contributed by atoms with van der Waals surface area (Å²) in [5.74, 6) is 0.795. The lowest BCUT2D eigenvalue weighted by atomic mass is 10.2. The summed E-state index contributed by atoms with van der Waals surface area (Å²) in [6.45, 7) is 0. The minimum Gasteiger partial charge on any atom is -0.391 e. The van der Waals surface area contributed by atoms with Crippen LogP contribution in [0.15, 0.2) is 12.7 Å². The molecule has 2 aromatic heterocycles. The quantitative estimate of drug-likeness (QED) is 0.551. The van der Waals surface area contributed by atoms with Crippen LogP contribution in [0.2, 0.25) is 0 Å². The maximum atomic E-state index is 10.8. The van der Waals surface area contributed by atoms with Gasteiger partial charge in [-0.3, -0.25) is 4.57 Å². The SMILES string of the molecule is C#C[C@H]1C[C@@H](O)[C@](O)(n2cnc3c(NC4CCCC4O)ncnc32)O1. The summed E-state index contributed by atoms with van der Waals surface area (Å²) in [5.41, 5.74) is 0.708. The van der Waals surface area contributed by atoms with Crippen molar-refractivity contribution in [3.05, 3.63) is 12.7 Å². The minimum atomic E-state index is -2.04. The number of nitrogens with one attached hydrogen (secondary N) is 1. The molecule has 1 saturated carbocycles. The first-order chi connectivity index (χ1) is 12.0. The molecular weight excluding hydrogens is 326 g/mol. The van der Waals surface area contributed by atoms with E-state index in [1.54, 1.807) is 0 Å². The molecular formula is C16H19N5O4. The van der Waals surface area contributed by atoms with Crippen molar-refractivity contribution >= 4 is 17.0 Å². The van der Waals surface area contributed by atoms with Crippen molar-refractivity contribution in [3.63, 3.8) is 0 Å². The van der Waals surface area contributed by atoms with Crippen molar-refractivity contribution in [1.29, 1.82) is 0 Å². The molecule has 2 fully saturated rings. The smallest absolute Gasteiger partial charge is 0.284 e. The largest absolute Gasteiger partial charge is 0.391 e. The number of nitrogens with zero attached hydrogens (tertiary/aromatic N) is 4. The third kappa shape index (κ3) is 2.54. The summed E-state index contributed by atoms with van der Waals surface area (Å²) >= 11 is 0. The number of aliphatic hydroxyl groups excluding tert-OH is 2. The highest BCUT2D eigenvalue weighted by Gasteiger charge is 2.49. The molecule has 4 N–H and O–H groups in total. The van der Waals surface area contributed by atoms with Gasteiger partial charge in [-0.25, -0.2) is 15.0 Å². The Hall–Kier alpha value is -2.25. The molecule has 3 heterocycles. The Morgan fingerprint density at radius 1 is 1.32 bits per heavy atom. The minimum absolute atomic E-state index is 0.106. The molecule has 4 rings (SSSR count). The lowest BCUT2D eigenvalue weighted by Crippen LogP contribution is -2.42. The summed E-state index contributed by atoms with van der Waals surface area (Å²) in [6, 6.07) is -0.106. The summed E-state index contributed by atoms with van der Waals surface area (Å²) < 4.78 is 6.68. The van der Waals surface area contributed by atoms with Crippen LogP contribution in [0, 0.1) is 12.3 Å². The van der Waals surface area contributed by atoms with E-state index in [1.807, 2.05) is 0 Å². The summed E-state index contributed by atoms with van der Waals surface area (Å²) in [5, 5.41) is 34.2. The van der Waals surface area contributed by atoms with Crippen LogP contribution in [0.4, 0.5) is 5.82 Å². The highest BCUT2D eigenvalue weighted by molar-refractivity contribution is 5.83. The van der Waals surface area contributed by atoms with E-state index in [1.165, 1.54) is 17.2 Å². The van der Waals surface area contributed by atoms with E-state index in [-0.39, 0.29) is 12.5 Å². The second-order valence-corrected chi connectivity index (χ2v) is 6.44. The lowest BCUT2D eigenvalue weighted by molar-refractivity contribution is -0.278. The predicted octanol–water partition coefficient (Wildman–Crippen LogP) is -0.463. The average molecular weight is 345 g/mol. The van der Waals surface area contributed by atoms with Crippen LogP contribution in [-0.2, 0) is 10.6 Å². The first-order valence-corrected chi connectivity index (χ1v) is 8.20. The van der Waals surface area contributed by atoms with Gasteiger partial charge in [0.05, 0.1) is 12.1 Å². The van der Waals surface area contributed by atoms with Gasteiger partial charge in [0, 0.05) is 6.42 Å². The summed E-state index contributed by atoms with van der Waals surface area (Å²) in [6.07, 6.45) is 8.26. The standard InChI is InChI=1S/C16H19N5O4/c1-2-9-6-12(23)16(24,25-9)21-8-19-13-14(17-7-18-15(13)21)20-10-4-3-5-11(10)22/h1,7-12,22-24H,3-6H2,(H,17,18,20)/t9-,10?,11?,12+,16+/m0/s1. The van der Waals surface area contributed by atoms with Crippen LogP contribution in [0.1, 0.15) is 25.7 Å². The predicted molar refractivity (Wildman–Crippen MR) is 87.1 cm³/mol. The van der Waals surface area contributed by atoms with Crippen LogP contribution in [0.25, 0.3) is 11.2 Å². The number of rotatable bonds is 3. The molecule has 9 nitrogen and oxygen atoms in total. The van der Waals surface area contributed by atoms with E-state index in [0.717, 1.165) is 19.3 Å². The molecule has 0 bridgehead atoms. The van der Waals surface area contributed by atoms with Gasteiger partial charge in [-0.1, -0.05) is 5.92 Å². The van der Waals surface area contributed by atoms with Crippen LogP contribution in [0.3, 0.4) is 0 Å². The number of aliphatic hydroxyl groups is 3. The zero-order valence-electron chi connectivity index (χ0n) is 13.4. The van der Waals surface area contributed by atoms with Crippen molar-refractivity contribution in [2.45, 2.75) is 55.9 Å². The summed E-state index contributed by atoms with van der Waals surface area (Å²) in [7, 11) is 0. The van der Waals surface area contributed by atoms with Crippen LogP contribution in [-0.4, -0.2) is 59.2 Å². The molecule has 2 aromatic rings. The second kappa shape index (κ2) is 5.93. The first-order valence-electron chi connectivity index (χ1n) is 8.20. The van der Waals surface area contributed by atoms with Gasteiger partial charge in [0.15, 0.2) is 17.0 Å². The molecule has 5 atom stereocenters. The van der Waals surface area contributed by atoms with Gasteiger partial charge in [-0.05, 0) is 19.3 Å². The number of aromatic nitrogens is 4. The van der Waals surface area contributed by atoms with E-state index in [9.17, 15) is 15.3 Å². The zero-order valence-corrected chi connectivity index (χ0v) is 13.4. The van der Waals surface area contributed by atoms with E-state index in [4.69, 9.17) is 11.2 Å². The molecule has 0 aromatic carbocycles. The maximum absolute atomic E-state index is 10.8. The lowest BCUT2D eigenvalue weighted by Gasteiger charge is -2.26. The summed E-state index contributed by atoms with van der Waals surface area (Å²) in [4.78, 5) is 12.6. The molecule has 2 unspecified atom stereocenters. The molecule has 132 valence electrons. The highest BCUT2D eigenvalue weighted by atomic mass is 16.7. The van der Waals surface area contributed by atoms with E-state index >= 15 is 0 Å². The van der Waals surface area contributed by atoms with Gasteiger partial charge in [0.2, 0.25) is 0 Å². The Kier molecular flexibility index (Phi) is 3.85. The van der Waals surface area contributed by atoms with Crippen molar-refractivity contribution in [1.82, 2.24) is 19.5 Å². The monoisotopic (exact) mass is 345 g/mol. The topological polar surface area (TPSA) is 126 Å². The van der Waals surface area contributed by atoms with Crippen molar-refractivity contribution in [2.24, 2.45) is 0 Å². The number of anilines is 1. The molecule has 0 spiro atoms. The van der Waals surface area contributed by atoms with E-state index < -0.39 is 24.2 Å². The Morgan fingerprint density at radius 2 is 2.16 bits per heavy atom. The van der Waals surface area contributed by atoms with Gasteiger partial charge < -0.3 is 25.4 Å². The molecule has 0 radical (unpaired) electrons. The van der Waals surface area contributed by atoms with Gasteiger partial charge in [0.25, 0.3) is 5.91 Å². The van der Waals surface area contributed by atoms with Crippen LogP contribution in [0.5, 0.6) is 0 Å². The average Bonchev–Trinajstić information content (AvgIpc) is 3.28. The fourth-order valence-electron chi connectivity index (χ4n) is 3.47. The van der Waals surface area contributed by atoms with Crippen LogP contribution < -0.4 is 5.32 Å². The Balaban J connectivity index is 1.71. The maximum Gasteiger partial charge on any atom is 0.284 e. The zero-order chi connectivity index (χ0) is 17.6. The molecule has 1 saturated heterocycles. The number of imidazole rings is 1. The van der Waals surface area contributed by atoms with Crippen molar-refractivity contribution < 1.29 is 20.1 Å². The highest BCUT2D eigenvalue weighted by Crippen LogP contribution is 2.35. The van der Waals surface area contributed by atoms with E-state index in [0.29, 0.717) is 17.0 Å². The number of ether oxygens (including phenoxy) is 1. The third-order valence-electron chi connectivity index (χ3n) is 4.85. The number of hydrogen-bond acceptors (Lipinski definition) is 8. The Bertz CT molecular complexity index is 834.